The van der Waals surface area contributed by atoms with E-state index in [4.69, 9.17) is 0 Å². The molecule has 1 heterocycles. The lowest BCUT2D eigenvalue weighted by atomic mass is 10.1. The van der Waals surface area contributed by atoms with Gasteiger partial charge in [-0.1, -0.05) is 30.3 Å². The average molecular weight is 207 g/mol. The van der Waals surface area contributed by atoms with Crippen LogP contribution in [-0.2, 0) is 6.42 Å². The summed E-state index contributed by atoms with van der Waals surface area (Å²) >= 11 is 2.07. The van der Waals surface area contributed by atoms with Crippen LogP contribution in [0.5, 0.6) is 0 Å². The van der Waals surface area contributed by atoms with E-state index in [2.05, 4.69) is 47.4 Å². The van der Waals surface area contributed by atoms with E-state index in [1.165, 1.54) is 23.5 Å². The maximum atomic E-state index is 3.61. The van der Waals surface area contributed by atoms with Gasteiger partial charge < -0.3 is 5.32 Å². The minimum atomic E-state index is 0.767. The molecule has 1 aliphatic rings. The van der Waals surface area contributed by atoms with E-state index in [1.54, 1.807) is 0 Å². The predicted molar refractivity (Wildman–Crippen MR) is 63.9 cm³/mol. The zero-order chi connectivity index (χ0) is 9.64. The summed E-state index contributed by atoms with van der Waals surface area (Å²) in [5.74, 6) is 2.64. The monoisotopic (exact) mass is 207 g/mol. The normalized spacial score (nSPS) is 21.3. The summed E-state index contributed by atoms with van der Waals surface area (Å²) in [4.78, 5) is 0. The standard InChI is InChI=1S/C12H17NS/c1-2-4-11(5-3-1)6-8-13-12-7-9-14-10-12/h1-5,12-13H,6-10H2/t12-/m1/s1. The molecule has 2 rings (SSSR count). The van der Waals surface area contributed by atoms with Crippen LogP contribution in [0.3, 0.4) is 0 Å². The second-order valence-electron chi connectivity index (χ2n) is 3.75. The number of nitrogens with one attached hydrogen (secondary N) is 1. The van der Waals surface area contributed by atoms with Gasteiger partial charge in [-0.05, 0) is 30.7 Å². The lowest BCUT2D eigenvalue weighted by molar-refractivity contribution is 0.560. The summed E-state index contributed by atoms with van der Waals surface area (Å²) in [5, 5.41) is 3.61. The molecule has 1 aromatic rings. The van der Waals surface area contributed by atoms with Gasteiger partial charge in [0.05, 0.1) is 0 Å². The van der Waals surface area contributed by atoms with Crippen molar-refractivity contribution < 1.29 is 0 Å². The molecule has 1 nitrogen and oxygen atoms in total. The van der Waals surface area contributed by atoms with Gasteiger partial charge >= 0.3 is 0 Å². The molecule has 0 amide bonds. The molecule has 0 spiro atoms. The highest BCUT2D eigenvalue weighted by Gasteiger charge is 2.13. The van der Waals surface area contributed by atoms with Crippen molar-refractivity contribution in [2.24, 2.45) is 0 Å². The first-order valence-corrected chi connectivity index (χ1v) is 6.46. The van der Waals surface area contributed by atoms with E-state index in [9.17, 15) is 0 Å². The first-order valence-electron chi connectivity index (χ1n) is 5.30. The van der Waals surface area contributed by atoms with Crippen LogP contribution < -0.4 is 5.32 Å². The zero-order valence-electron chi connectivity index (χ0n) is 8.41. The summed E-state index contributed by atoms with van der Waals surface area (Å²) in [6.45, 7) is 1.12. The first-order chi connectivity index (χ1) is 6.95. The summed E-state index contributed by atoms with van der Waals surface area (Å²) in [5.41, 5.74) is 1.44. The number of hydrogen-bond acceptors (Lipinski definition) is 2. The molecule has 0 aliphatic carbocycles. The van der Waals surface area contributed by atoms with Crippen molar-refractivity contribution in [1.29, 1.82) is 0 Å². The molecule has 2 heteroatoms. The third kappa shape index (κ3) is 3.03. The molecule has 0 unspecified atom stereocenters. The van der Waals surface area contributed by atoms with Crippen molar-refractivity contribution in [2.75, 3.05) is 18.1 Å². The highest BCUT2D eigenvalue weighted by molar-refractivity contribution is 7.99. The largest absolute Gasteiger partial charge is 0.313 e. The van der Waals surface area contributed by atoms with Gasteiger partial charge in [0.25, 0.3) is 0 Å². The number of rotatable bonds is 4. The van der Waals surface area contributed by atoms with E-state index in [0.717, 1.165) is 19.0 Å². The Labute approximate surface area is 90.3 Å². The van der Waals surface area contributed by atoms with Crippen molar-refractivity contribution in [1.82, 2.24) is 5.32 Å². The van der Waals surface area contributed by atoms with Crippen LogP contribution in [-0.4, -0.2) is 24.1 Å². The SMILES string of the molecule is c1ccc(CCN[C@@H]2CCSC2)cc1. The highest BCUT2D eigenvalue weighted by atomic mass is 32.2. The van der Waals surface area contributed by atoms with Gasteiger partial charge in [-0.15, -0.1) is 0 Å². The Morgan fingerprint density at radius 2 is 2.14 bits per heavy atom. The number of hydrogen-bond donors (Lipinski definition) is 1. The van der Waals surface area contributed by atoms with Crippen LogP contribution in [0.25, 0.3) is 0 Å². The molecule has 0 bridgehead atoms. The van der Waals surface area contributed by atoms with Crippen LogP contribution in [0, 0.1) is 0 Å². The van der Waals surface area contributed by atoms with E-state index >= 15 is 0 Å². The second-order valence-corrected chi connectivity index (χ2v) is 4.90. The second kappa shape index (κ2) is 5.42. The molecule has 0 aromatic heterocycles. The summed E-state index contributed by atoms with van der Waals surface area (Å²) in [7, 11) is 0. The van der Waals surface area contributed by atoms with Crippen LogP contribution in [0.2, 0.25) is 0 Å². The number of thioether (sulfide) groups is 1. The molecular formula is C12H17NS. The fraction of sp³-hybridized carbons (Fsp3) is 0.500. The van der Waals surface area contributed by atoms with Gasteiger partial charge in [0.15, 0.2) is 0 Å². The smallest absolute Gasteiger partial charge is 0.0166 e. The molecular weight excluding hydrogens is 190 g/mol. The van der Waals surface area contributed by atoms with Gasteiger partial charge in [-0.3, -0.25) is 0 Å². The van der Waals surface area contributed by atoms with Crippen molar-refractivity contribution >= 4 is 11.8 Å². The third-order valence-electron chi connectivity index (χ3n) is 2.62. The first kappa shape index (κ1) is 10.1. The topological polar surface area (TPSA) is 12.0 Å². The summed E-state index contributed by atoms with van der Waals surface area (Å²) < 4.78 is 0. The van der Waals surface area contributed by atoms with E-state index in [1.807, 2.05) is 0 Å². The average Bonchev–Trinajstić information content (AvgIpc) is 2.72. The van der Waals surface area contributed by atoms with Gasteiger partial charge in [0, 0.05) is 11.8 Å². The zero-order valence-corrected chi connectivity index (χ0v) is 9.22. The Morgan fingerprint density at radius 3 is 2.86 bits per heavy atom. The van der Waals surface area contributed by atoms with Gasteiger partial charge in [-0.25, -0.2) is 0 Å². The van der Waals surface area contributed by atoms with Crippen LogP contribution >= 0.6 is 11.8 Å². The molecule has 1 atom stereocenters. The Morgan fingerprint density at radius 1 is 1.29 bits per heavy atom. The van der Waals surface area contributed by atoms with Gasteiger partial charge in [-0.2, -0.15) is 11.8 Å². The van der Waals surface area contributed by atoms with Gasteiger partial charge in [0.2, 0.25) is 0 Å². The Balaban J connectivity index is 1.67. The van der Waals surface area contributed by atoms with Crippen molar-refractivity contribution in [3.05, 3.63) is 35.9 Å². The van der Waals surface area contributed by atoms with Crippen LogP contribution in [0.4, 0.5) is 0 Å². The highest BCUT2D eigenvalue weighted by Crippen LogP contribution is 2.16. The third-order valence-corrected chi connectivity index (χ3v) is 3.78. The van der Waals surface area contributed by atoms with E-state index < -0.39 is 0 Å². The maximum Gasteiger partial charge on any atom is 0.0166 e. The van der Waals surface area contributed by atoms with E-state index in [0.29, 0.717) is 0 Å². The van der Waals surface area contributed by atoms with E-state index in [-0.39, 0.29) is 0 Å². The molecule has 1 aliphatic heterocycles. The lowest BCUT2D eigenvalue weighted by Crippen LogP contribution is -2.30. The minimum Gasteiger partial charge on any atom is -0.313 e. The number of benzene rings is 1. The van der Waals surface area contributed by atoms with Crippen molar-refractivity contribution in [2.45, 2.75) is 18.9 Å². The summed E-state index contributed by atoms with van der Waals surface area (Å²) in [6, 6.07) is 11.5. The molecule has 0 radical (unpaired) electrons. The molecule has 1 saturated heterocycles. The summed E-state index contributed by atoms with van der Waals surface area (Å²) in [6.07, 6.45) is 2.50. The van der Waals surface area contributed by atoms with Crippen LogP contribution in [0.15, 0.2) is 30.3 Å². The quantitative estimate of drug-likeness (QED) is 0.813. The fourth-order valence-corrected chi connectivity index (χ4v) is 2.95. The van der Waals surface area contributed by atoms with Crippen molar-refractivity contribution in [3.63, 3.8) is 0 Å². The molecule has 1 fully saturated rings. The molecule has 76 valence electrons. The van der Waals surface area contributed by atoms with Crippen molar-refractivity contribution in [3.8, 4) is 0 Å². The fourth-order valence-electron chi connectivity index (χ4n) is 1.76. The Hall–Kier alpha value is -0.470. The van der Waals surface area contributed by atoms with Gasteiger partial charge in [0.1, 0.15) is 0 Å². The predicted octanol–water partition coefficient (Wildman–Crippen LogP) is 2.32. The Bertz CT molecular complexity index is 254. The minimum absolute atomic E-state index is 0.767. The molecule has 14 heavy (non-hydrogen) atoms. The molecule has 1 aromatic carbocycles. The van der Waals surface area contributed by atoms with Crippen LogP contribution in [0.1, 0.15) is 12.0 Å². The lowest BCUT2D eigenvalue weighted by Gasteiger charge is -2.10. The maximum absolute atomic E-state index is 3.61. The molecule has 1 N–H and O–H groups in total. The Kier molecular flexibility index (Phi) is 3.90. The molecule has 0 saturated carbocycles.